The van der Waals surface area contributed by atoms with Gasteiger partial charge >= 0.3 is 0 Å². The van der Waals surface area contributed by atoms with Gasteiger partial charge in [0, 0.05) is 42.7 Å². The summed E-state index contributed by atoms with van der Waals surface area (Å²) in [7, 11) is -3.66. The number of hydrogen-bond donors (Lipinski definition) is 0. The molecule has 1 saturated heterocycles. The van der Waals surface area contributed by atoms with E-state index in [0.29, 0.717) is 26.2 Å². The van der Waals surface area contributed by atoms with Gasteiger partial charge in [-0.15, -0.1) is 0 Å². The molecule has 1 heterocycles. The molecular weight excluding hydrogens is 466 g/mol. The molecule has 9 heteroatoms. The van der Waals surface area contributed by atoms with E-state index in [0.717, 1.165) is 4.47 Å². The molecule has 1 aromatic rings. The summed E-state index contributed by atoms with van der Waals surface area (Å²) in [5, 5.41) is 0.199. The van der Waals surface area contributed by atoms with E-state index in [1.807, 2.05) is 39.5 Å². The highest BCUT2D eigenvalue weighted by molar-refractivity contribution is 9.10. The third-order valence-corrected chi connectivity index (χ3v) is 7.93. The van der Waals surface area contributed by atoms with Crippen LogP contribution >= 0.6 is 27.5 Å². The summed E-state index contributed by atoms with van der Waals surface area (Å²) in [5.74, 6) is 0.0808. The van der Waals surface area contributed by atoms with Crippen LogP contribution < -0.4 is 0 Å². The molecule has 1 aliphatic rings. The molecule has 1 aromatic carbocycles. The summed E-state index contributed by atoms with van der Waals surface area (Å²) in [6.45, 7) is 11.6. The van der Waals surface area contributed by atoms with E-state index in [9.17, 15) is 13.2 Å². The maximum absolute atomic E-state index is 12.9. The Hall–Kier alpha value is -0.670. The zero-order chi connectivity index (χ0) is 21.2. The van der Waals surface area contributed by atoms with Crippen molar-refractivity contribution in [2.45, 2.75) is 57.6 Å². The van der Waals surface area contributed by atoms with Gasteiger partial charge in [-0.2, -0.15) is 4.31 Å². The van der Waals surface area contributed by atoms with E-state index < -0.39 is 10.0 Å². The standard InChI is InChI=1S/C19H29BrClN3O3S/c1-13(2)24(14(3)4)19(25)15(5)22-8-10-23(11-9-22)28(26,27)18-7-6-16(20)12-17(18)21/h6-7,12-15H,8-11H2,1-5H3. The number of sulfonamides is 1. The highest BCUT2D eigenvalue weighted by Crippen LogP contribution is 2.28. The third-order valence-electron chi connectivity index (χ3n) is 5.06. The molecule has 6 nitrogen and oxygen atoms in total. The molecule has 0 saturated carbocycles. The number of rotatable bonds is 6. The maximum Gasteiger partial charge on any atom is 0.244 e. The number of hydrogen-bond acceptors (Lipinski definition) is 4. The van der Waals surface area contributed by atoms with Crippen LogP contribution in [0.2, 0.25) is 5.02 Å². The Morgan fingerprint density at radius 2 is 1.61 bits per heavy atom. The second-order valence-corrected chi connectivity index (χ2v) is 10.9. The van der Waals surface area contributed by atoms with Crippen molar-refractivity contribution in [2.24, 2.45) is 0 Å². The minimum atomic E-state index is -3.66. The van der Waals surface area contributed by atoms with Crippen LogP contribution in [0.25, 0.3) is 0 Å². The van der Waals surface area contributed by atoms with Crippen LogP contribution in [0.4, 0.5) is 0 Å². The molecule has 28 heavy (non-hydrogen) atoms. The van der Waals surface area contributed by atoms with E-state index in [-0.39, 0.29) is 34.0 Å². The molecule has 1 atom stereocenters. The van der Waals surface area contributed by atoms with Gasteiger partial charge in [0.15, 0.2) is 0 Å². The van der Waals surface area contributed by atoms with Gasteiger partial charge in [-0.1, -0.05) is 27.5 Å². The molecule has 158 valence electrons. The summed E-state index contributed by atoms with van der Waals surface area (Å²) in [6, 6.07) is 4.72. The van der Waals surface area contributed by atoms with Crippen molar-refractivity contribution >= 4 is 43.5 Å². The maximum atomic E-state index is 12.9. The van der Waals surface area contributed by atoms with Crippen LogP contribution in [0.15, 0.2) is 27.6 Å². The van der Waals surface area contributed by atoms with Crippen molar-refractivity contribution in [1.29, 1.82) is 0 Å². The summed E-state index contributed by atoms with van der Waals surface area (Å²) in [5.41, 5.74) is 0. The number of nitrogens with zero attached hydrogens (tertiary/aromatic N) is 3. The van der Waals surface area contributed by atoms with Crippen molar-refractivity contribution in [1.82, 2.24) is 14.1 Å². The average molecular weight is 495 g/mol. The number of benzene rings is 1. The van der Waals surface area contributed by atoms with E-state index in [1.165, 1.54) is 10.4 Å². The second kappa shape index (κ2) is 9.43. The molecule has 0 aromatic heterocycles. The molecule has 1 aliphatic heterocycles. The fourth-order valence-corrected chi connectivity index (χ4v) is 6.07. The Labute approximate surface area is 182 Å². The smallest absolute Gasteiger partial charge is 0.244 e. The van der Waals surface area contributed by atoms with Crippen LogP contribution in [0.1, 0.15) is 34.6 Å². The topological polar surface area (TPSA) is 60.9 Å². The Morgan fingerprint density at radius 1 is 1.07 bits per heavy atom. The minimum Gasteiger partial charge on any atom is -0.336 e. The molecule has 0 N–H and O–H groups in total. The van der Waals surface area contributed by atoms with Crippen molar-refractivity contribution in [3.05, 3.63) is 27.7 Å². The molecular formula is C19H29BrClN3O3S. The number of carbonyl (C=O) groups excluding carboxylic acids is 1. The van der Waals surface area contributed by atoms with Crippen LogP contribution in [-0.4, -0.2) is 72.7 Å². The Morgan fingerprint density at radius 3 is 2.07 bits per heavy atom. The first-order chi connectivity index (χ1) is 13.0. The molecule has 0 radical (unpaired) electrons. The normalized spacial score (nSPS) is 17.9. The summed E-state index contributed by atoms with van der Waals surface area (Å²) in [4.78, 5) is 17.0. The Balaban J connectivity index is 2.08. The Bertz CT molecular complexity index is 801. The lowest BCUT2D eigenvalue weighted by molar-refractivity contribution is -0.140. The van der Waals surface area contributed by atoms with E-state index >= 15 is 0 Å². The highest BCUT2D eigenvalue weighted by atomic mass is 79.9. The summed E-state index contributed by atoms with van der Waals surface area (Å²) < 4.78 is 28.1. The number of carbonyl (C=O) groups is 1. The fraction of sp³-hybridized carbons (Fsp3) is 0.632. The average Bonchev–Trinajstić information content (AvgIpc) is 2.60. The van der Waals surface area contributed by atoms with Gasteiger partial charge < -0.3 is 4.90 Å². The molecule has 0 aliphatic carbocycles. The van der Waals surface area contributed by atoms with Gasteiger partial charge in [0.2, 0.25) is 15.9 Å². The predicted molar refractivity (Wildman–Crippen MR) is 116 cm³/mol. The molecule has 0 bridgehead atoms. The largest absolute Gasteiger partial charge is 0.336 e. The summed E-state index contributed by atoms with van der Waals surface area (Å²) in [6.07, 6.45) is 0. The van der Waals surface area contributed by atoms with Crippen molar-refractivity contribution in [3.63, 3.8) is 0 Å². The Kier molecular flexibility index (Phi) is 7.95. The van der Waals surface area contributed by atoms with Crippen molar-refractivity contribution in [2.75, 3.05) is 26.2 Å². The number of amides is 1. The molecule has 1 unspecified atom stereocenters. The zero-order valence-electron chi connectivity index (χ0n) is 17.0. The quantitative estimate of drug-likeness (QED) is 0.608. The van der Waals surface area contributed by atoms with E-state index in [4.69, 9.17) is 11.6 Å². The first kappa shape index (κ1) is 23.6. The van der Waals surface area contributed by atoms with Crippen LogP contribution in [0, 0.1) is 0 Å². The molecule has 1 amide bonds. The fourth-order valence-electron chi connectivity index (χ4n) is 3.63. The SMILES string of the molecule is CC(C(=O)N(C(C)C)C(C)C)N1CCN(S(=O)(=O)c2ccc(Br)cc2Cl)CC1. The van der Waals surface area contributed by atoms with Gasteiger partial charge in [0.05, 0.1) is 11.1 Å². The minimum absolute atomic E-state index is 0.0808. The summed E-state index contributed by atoms with van der Waals surface area (Å²) >= 11 is 9.44. The van der Waals surface area contributed by atoms with Gasteiger partial charge in [-0.05, 0) is 52.8 Å². The lowest BCUT2D eigenvalue weighted by atomic mass is 10.1. The lowest BCUT2D eigenvalue weighted by Crippen LogP contribution is -2.57. The van der Waals surface area contributed by atoms with Crippen LogP contribution in [0.5, 0.6) is 0 Å². The number of piperazine rings is 1. The monoisotopic (exact) mass is 493 g/mol. The van der Waals surface area contributed by atoms with Gasteiger partial charge in [-0.25, -0.2) is 8.42 Å². The second-order valence-electron chi connectivity index (χ2n) is 7.62. The molecule has 2 rings (SSSR count). The van der Waals surface area contributed by atoms with Gasteiger partial charge in [0.25, 0.3) is 0 Å². The van der Waals surface area contributed by atoms with E-state index in [2.05, 4.69) is 20.8 Å². The van der Waals surface area contributed by atoms with Crippen LogP contribution in [-0.2, 0) is 14.8 Å². The third kappa shape index (κ3) is 5.08. The van der Waals surface area contributed by atoms with Crippen molar-refractivity contribution < 1.29 is 13.2 Å². The van der Waals surface area contributed by atoms with Gasteiger partial charge in [0.1, 0.15) is 4.90 Å². The van der Waals surface area contributed by atoms with E-state index in [1.54, 1.807) is 12.1 Å². The predicted octanol–water partition coefficient (Wildman–Crippen LogP) is 3.44. The highest BCUT2D eigenvalue weighted by Gasteiger charge is 2.35. The van der Waals surface area contributed by atoms with Gasteiger partial charge in [-0.3, -0.25) is 9.69 Å². The van der Waals surface area contributed by atoms with Crippen molar-refractivity contribution in [3.8, 4) is 0 Å². The van der Waals surface area contributed by atoms with Crippen LogP contribution in [0.3, 0.4) is 0 Å². The zero-order valence-corrected chi connectivity index (χ0v) is 20.2. The molecule has 1 fully saturated rings. The lowest BCUT2D eigenvalue weighted by Gasteiger charge is -2.40. The number of halogens is 2. The first-order valence-electron chi connectivity index (χ1n) is 9.48. The first-order valence-corrected chi connectivity index (χ1v) is 12.1. The molecule has 0 spiro atoms.